The zero-order valence-electron chi connectivity index (χ0n) is 11.1. The number of aliphatic carboxylic acids is 2. The highest BCUT2D eigenvalue weighted by Crippen LogP contribution is 2.24. The van der Waals surface area contributed by atoms with Crippen molar-refractivity contribution in [3.63, 3.8) is 0 Å². The second-order valence-corrected chi connectivity index (χ2v) is 4.59. The van der Waals surface area contributed by atoms with E-state index < -0.39 is 36.4 Å². The molecule has 8 heteroatoms. The van der Waals surface area contributed by atoms with E-state index in [1.54, 1.807) is 24.3 Å². The Morgan fingerprint density at radius 1 is 1.29 bits per heavy atom. The minimum atomic E-state index is -1.52. The Balaban J connectivity index is 2.67. The molecule has 0 aliphatic rings. The maximum absolute atomic E-state index is 11.8. The molecule has 0 bridgehead atoms. The lowest BCUT2D eigenvalue weighted by Gasteiger charge is -2.18. The van der Waals surface area contributed by atoms with E-state index in [1.807, 2.05) is 0 Å². The van der Waals surface area contributed by atoms with Crippen molar-refractivity contribution in [2.45, 2.75) is 25.5 Å². The zero-order valence-corrected chi connectivity index (χ0v) is 11.8. The van der Waals surface area contributed by atoms with Gasteiger partial charge >= 0.3 is 11.9 Å². The number of nitrogens with one attached hydrogen (secondary N) is 1. The van der Waals surface area contributed by atoms with Gasteiger partial charge in [-0.25, -0.2) is 4.79 Å². The van der Waals surface area contributed by atoms with Crippen LogP contribution in [0.3, 0.4) is 0 Å². The summed E-state index contributed by atoms with van der Waals surface area (Å²) in [5.74, 6) is -3.24. The average Bonchev–Trinajstić information content (AvgIpc) is 2.39. The van der Waals surface area contributed by atoms with Crippen LogP contribution in [0.5, 0.6) is 5.75 Å². The first kappa shape index (κ1) is 16.8. The number of carbonyl (C=O) groups excluding carboxylic acids is 1. The van der Waals surface area contributed by atoms with Crippen molar-refractivity contribution < 1.29 is 29.3 Å². The molecule has 3 N–H and O–H groups in total. The van der Waals surface area contributed by atoms with E-state index in [9.17, 15) is 14.4 Å². The first-order valence-electron chi connectivity index (χ1n) is 5.97. The molecule has 0 aliphatic heterocycles. The summed E-state index contributed by atoms with van der Waals surface area (Å²) in [6.45, 7) is 1.40. The molecule has 7 nitrogen and oxygen atoms in total. The Hall–Kier alpha value is -2.28. The largest absolute Gasteiger partial charge is 0.481 e. The van der Waals surface area contributed by atoms with Crippen LogP contribution < -0.4 is 10.1 Å². The molecule has 1 rings (SSSR count). The molecule has 0 heterocycles. The molecule has 0 spiro atoms. The number of halogens is 1. The Morgan fingerprint density at radius 2 is 1.90 bits per heavy atom. The standard InChI is InChI=1S/C13H14ClNO6/c1-7(21-10-5-3-2-4-8(10)14)12(18)15-9(13(19)20)6-11(16)17/h2-5,7,9H,6H2,1H3,(H,15,18)(H,16,17)(H,19,20)/t7?,9-/m0/s1. The quantitative estimate of drug-likeness (QED) is 0.695. The Bertz CT molecular complexity index is 547. The summed E-state index contributed by atoms with van der Waals surface area (Å²) in [5.41, 5.74) is 0. The number of hydrogen-bond acceptors (Lipinski definition) is 4. The van der Waals surface area contributed by atoms with Crippen LogP contribution in [0.25, 0.3) is 0 Å². The van der Waals surface area contributed by atoms with E-state index >= 15 is 0 Å². The van der Waals surface area contributed by atoms with Gasteiger partial charge in [0, 0.05) is 0 Å². The SMILES string of the molecule is CC(Oc1ccccc1Cl)C(=O)N[C@@H](CC(=O)O)C(=O)O. The van der Waals surface area contributed by atoms with Gasteiger partial charge in [-0.05, 0) is 19.1 Å². The number of hydrogen-bond donors (Lipinski definition) is 3. The van der Waals surface area contributed by atoms with Gasteiger partial charge in [0.2, 0.25) is 0 Å². The molecular formula is C13H14ClNO6. The highest BCUT2D eigenvalue weighted by molar-refractivity contribution is 6.32. The third-order valence-corrected chi connectivity index (χ3v) is 2.82. The summed E-state index contributed by atoms with van der Waals surface area (Å²) >= 11 is 5.87. The molecule has 0 aromatic heterocycles. The van der Waals surface area contributed by atoms with Gasteiger partial charge in [-0.15, -0.1) is 0 Å². The number of benzene rings is 1. The number of carboxylic acid groups (broad SMARTS) is 2. The summed E-state index contributed by atoms with van der Waals surface area (Å²) in [6, 6.07) is 4.96. The molecular weight excluding hydrogens is 302 g/mol. The number of carboxylic acids is 2. The predicted octanol–water partition coefficient (Wildman–Crippen LogP) is 1.15. The highest BCUT2D eigenvalue weighted by Gasteiger charge is 2.26. The maximum atomic E-state index is 11.8. The summed E-state index contributed by atoms with van der Waals surface area (Å²) in [7, 11) is 0. The van der Waals surface area contributed by atoms with Crippen LogP contribution in [0.15, 0.2) is 24.3 Å². The molecule has 0 fully saturated rings. The fraction of sp³-hybridized carbons (Fsp3) is 0.308. The minimum absolute atomic E-state index is 0.270. The number of rotatable bonds is 7. The molecule has 0 aliphatic carbocycles. The van der Waals surface area contributed by atoms with Crippen molar-refractivity contribution in [3.8, 4) is 5.75 Å². The normalized spacial score (nSPS) is 13.0. The fourth-order valence-electron chi connectivity index (χ4n) is 1.45. The molecule has 0 radical (unpaired) electrons. The van der Waals surface area contributed by atoms with E-state index in [4.69, 9.17) is 26.6 Å². The van der Waals surface area contributed by atoms with Crippen LogP contribution in [0.4, 0.5) is 0 Å². The predicted molar refractivity (Wildman–Crippen MR) is 73.4 cm³/mol. The Kier molecular flexibility index (Phi) is 5.98. The van der Waals surface area contributed by atoms with Gasteiger partial charge in [0.05, 0.1) is 11.4 Å². The number of ether oxygens (including phenoxy) is 1. The van der Waals surface area contributed by atoms with E-state index in [0.29, 0.717) is 5.02 Å². The molecule has 1 aromatic carbocycles. The number of carbonyl (C=O) groups is 3. The zero-order chi connectivity index (χ0) is 16.0. The maximum Gasteiger partial charge on any atom is 0.326 e. The van der Waals surface area contributed by atoms with Crippen LogP contribution in [-0.2, 0) is 14.4 Å². The van der Waals surface area contributed by atoms with E-state index in [-0.39, 0.29) is 5.75 Å². The van der Waals surface area contributed by atoms with Gasteiger partial charge in [0.1, 0.15) is 11.8 Å². The second kappa shape index (κ2) is 7.49. The van der Waals surface area contributed by atoms with Gasteiger partial charge in [-0.3, -0.25) is 9.59 Å². The van der Waals surface area contributed by atoms with Gasteiger partial charge in [-0.2, -0.15) is 0 Å². The Morgan fingerprint density at radius 3 is 2.43 bits per heavy atom. The number of amides is 1. The van der Waals surface area contributed by atoms with Crippen molar-refractivity contribution in [2.24, 2.45) is 0 Å². The van der Waals surface area contributed by atoms with Crippen molar-refractivity contribution in [2.75, 3.05) is 0 Å². The summed E-state index contributed by atoms with van der Waals surface area (Å²) in [4.78, 5) is 33.2. The lowest BCUT2D eigenvalue weighted by atomic mass is 10.2. The summed E-state index contributed by atoms with van der Waals surface area (Å²) in [6.07, 6.45) is -1.75. The third kappa shape index (κ3) is 5.31. The summed E-state index contributed by atoms with van der Waals surface area (Å²) < 4.78 is 5.31. The summed E-state index contributed by atoms with van der Waals surface area (Å²) in [5, 5.41) is 19.8. The Labute approximate surface area is 125 Å². The van der Waals surface area contributed by atoms with Crippen molar-refractivity contribution in [1.82, 2.24) is 5.32 Å². The average molecular weight is 316 g/mol. The molecule has 0 saturated heterocycles. The molecule has 2 atom stereocenters. The fourth-order valence-corrected chi connectivity index (χ4v) is 1.63. The topological polar surface area (TPSA) is 113 Å². The van der Waals surface area contributed by atoms with Crippen LogP contribution in [0.2, 0.25) is 5.02 Å². The minimum Gasteiger partial charge on any atom is -0.481 e. The lowest BCUT2D eigenvalue weighted by molar-refractivity contribution is -0.147. The van der Waals surface area contributed by atoms with Crippen LogP contribution in [0, 0.1) is 0 Å². The van der Waals surface area contributed by atoms with Crippen molar-refractivity contribution in [1.29, 1.82) is 0 Å². The smallest absolute Gasteiger partial charge is 0.326 e. The molecule has 1 aromatic rings. The monoisotopic (exact) mass is 315 g/mol. The highest BCUT2D eigenvalue weighted by atomic mass is 35.5. The second-order valence-electron chi connectivity index (χ2n) is 4.19. The van der Waals surface area contributed by atoms with E-state index in [0.717, 1.165) is 0 Å². The van der Waals surface area contributed by atoms with E-state index in [2.05, 4.69) is 5.32 Å². The molecule has 1 amide bonds. The third-order valence-electron chi connectivity index (χ3n) is 2.50. The molecule has 0 saturated carbocycles. The van der Waals surface area contributed by atoms with Crippen LogP contribution >= 0.6 is 11.6 Å². The van der Waals surface area contributed by atoms with Crippen molar-refractivity contribution in [3.05, 3.63) is 29.3 Å². The first-order valence-corrected chi connectivity index (χ1v) is 6.35. The lowest BCUT2D eigenvalue weighted by Crippen LogP contribution is -2.47. The molecule has 1 unspecified atom stereocenters. The van der Waals surface area contributed by atoms with Crippen LogP contribution in [-0.4, -0.2) is 40.2 Å². The first-order chi connectivity index (χ1) is 9.81. The van der Waals surface area contributed by atoms with Crippen molar-refractivity contribution >= 4 is 29.4 Å². The van der Waals surface area contributed by atoms with Gasteiger partial charge in [-0.1, -0.05) is 23.7 Å². The van der Waals surface area contributed by atoms with E-state index in [1.165, 1.54) is 6.92 Å². The molecule has 21 heavy (non-hydrogen) atoms. The van der Waals surface area contributed by atoms with Gasteiger partial charge < -0.3 is 20.3 Å². The van der Waals surface area contributed by atoms with Crippen LogP contribution in [0.1, 0.15) is 13.3 Å². The molecule has 114 valence electrons. The van der Waals surface area contributed by atoms with Gasteiger partial charge in [0.25, 0.3) is 5.91 Å². The van der Waals surface area contributed by atoms with Gasteiger partial charge in [0.15, 0.2) is 6.10 Å². The number of para-hydroxylation sites is 1.